The standard InChI is InChI=1S/C28H32N2O4.H2O/c1-20(21-10-12-22(13-11-21)23-14-16-29(4)25(31)18-23)30-17-15-28(34-26(30)32,19-27(2,3)33)24-8-6-5-7-9-24;/h5-14,16,18,20,33H,15,17,19H2,1-4H3;1H2/t20?,28-;/m0./s1. The number of benzene rings is 2. The van der Waals surface area contributed by atoms with Crippen LogP contribution in [-0.2, 0) is 17.4 Å². The van der Waals surface area contributed by atoms with Crippen molar-refractivity contribution in [2.45, 2.75) is 50.9 Å². The van der Waals surface area contributed by atoms with Crippen LogP contribution in [0.5, 0.6) is 0 Å². The average molecular weight is 479 g/mol. The number of carbonyl (C=O) groups excluding carboxylic acids is 1. The molecule has 3 N–H and O–H groups in total. The van der Waals surface area contributed by atoms with Gasteiger partial charge >= 0.3 is 6.09 Å². The maximum absolute atomic E-state index is 13.2. The number of aliphatic hydroxyl groups is 1. The van der Waals surface area contributed by atoms with Gasteiger partial charge in [0, 0.05) is 38.7 Å². The molecule has 4 rings (SSSR count). The number of aryl methyl sites for hydroxylation is 1. The smallest absolute Gasteiger partial charge is 0.411 e. The molecule has 1 fully saturated rings. The normalized spacial score (nSPS) is 19.0. The Balaban J connectivity index is 0.00000342. The molecule has 1 amide bonds. The molecule has 7 nitrogen and oxygen atoms in total. The second-order valence-corrected chi connectivity index (χ2v) is 9.82. The quantitative estimate of drug-likeness (QED) is 0.574. The average Bonchev–Trinajstić information content (AvgIpc) is 2.80. The summed E-state index contributed by atoms with van der Waals surface area (Å²) in [5.41, 5.74) is 1.78. The predicted octanol–water partition coefficient (Wildman–Crippen LogP) is 4.19. The fourth-order valence-corrected chi connectivity index (χ4v) is 4.75. The van der Waals surface area contributed by atoms with E-state index in [0.717, 1.165) is 22.3 Å². The van der Waals surface area contributed by atoms with E-state index in [-0.39, 0.29) is 23.2 Å². The van der Waals surface area contributed by atoms with Gasteiger partial charge in [-0.1, -0.05) is 54.6 Å². The lowest BCUT2D eigenvalue weighted by molar-refractivity contribution is -0.101. The molecule has 0 saturated carbocycles. The number of rotatable bonds is 6. The van der Waals surface area contributed by atoms with Crippen molar-refractivity contribution in [1.82, 2.24) is 9.47 Å². The van der Waals surface area contributed by atoms with Crippen molar-refractivity contribution in [2.24, 2.45) is 7.05 Å². The van der Waals surface area contributed by atoms with Gasteiger partial charge in [0.05, 0.1) is 11.6 Å². The third-order valence-corrected chi connectivity index (χ3v) is 6.59. The first-order valence-corrected chi connectivity index (χ1v) is 11.6. The number of aromatic nitrogens is 1. The van der Waals surface area contributed by atoms with Gasteiger partial charge in [0.25, 0.3) is 5.56 Å². The Morgan fingerprint density at radius 2 is 1.69 bits per heavy atom. The van der Waals surface area contributed by atoms with E-state index in [1.54, 1.807) is 38.1 Å². The van der Waals surface area contributed by atoms with Gasteiger partial charge in [-0.15, -0.1) is 0 Å². The van der Waals surface area contributed by atoms with E-state index >= 15 is 0 Å². The number of ether oxygens (including phenoxy) is 1. The van der Waals surface area contributed by atoms with E-state index in [1.165, 1.54) is 4.57 Å². The van der Waals surface area contributed by atoms with Crippen LogP contribution in [0.2, 0.25) is 0 Å². The van der Waals surface area contributed by atoms with Crippen molar-refractivity contribution in [3.05, 3.63) is 94.4 Å². The van der Waals surface area contributed by atoms with Gasteiger partial charge in [0.15, 0.2) is 0 Å². The zero-order valence-corrected chi connectivity index (χ0v) is 20.7. The van der Waals surface area contributed by atoms with Crippen LogP contribution in [0.4, 0.5) is 4.79 Å². The van der Waals surface area contributed by atoms with Crippen LogP contribution in [0.1, 0.15) is 50.8 Å². The molecule has 35 heavy (non-hydrogen) atoms. The summed E-state index contributed by atoms with van der Waals surface area (Å²) in [5, 5.41) is 10.6. The fraction of sp³-hybridized carbons (Fsp3) is 0.357. The molecule has 7 heteroatoms. The lowest BCUT2D eigenvalue weighted by Gasteiger charge is -2.45. The molecule has 1 unspecified atom stereocenters. The molecule has 1 aliphatic rings. The monoisotopic (exact) mass is 478 g/mol. The summed E-state index contributed by atoms with van der Waals surface area (Å²) in [4.78, 5) is 26.9. The molecule has 1 aliphatic heterocycles. The van der Waals surface area contributed by atoms with Crippen molar-refractivity contribution in [3.63, 3.8) is 0 Å². The Morgan fingerprint density at radius 1 is 1.03 bits per heavy atom. The van der Waals surface area contributed by atoms with E-state index in [4.69, 9.17) is 4.74 Å². The van der Waals surface area contributed by atoms with Gasteiger partial charge in [-0.25, -0.2) is 4.79 Å². The number of amides is 1. The first-order valence-electron chi connectivity index (χ1n) is 11.6. The highest BCUT2D eigenvalue weighted by Gasteiger charge is 2.46. The van der Waals surface area contributed by atoms with E-state index in [0.29, 0.717) is 19.4 Å². The number of pyridine rings is 1. The topological polar surface area (TPSA) is 103 Å². The van der Waals surface area contributed by atoms with Gasteiger partial charge in [0.2, 0.25) is 0 Å². The number of hydrogen-bond donors (Lipinski definition) is 1. The minimum Gasteiger partial charge on any atom is -0.438 e. The Labute approximate surface area is 205 Å². The minimum absolute atomic E-state index is 0. The number of nitrogens with zero attached hydrogens (tertiary/aromatic N) is 2. The highest BCUT2D eigenvalue weighted by atomic mass is 16.6. The van der Waals surface area contributed by atoms with Crippen molar-refractivity contribution in [3.8, 4) is 11.1 Å². The van der Waals surface area contributed by atoms with Gasteiger partial charge in [0.1, 0.15) is 5.60 Å². The predicted molar refractivity (Wildman–Crippen MR) is 136 cm³/mol. The Kier molecular flexibility index (Phi) is 7.53. The SMILES string of the molecule is CC(c1ccc(-c2ccn(C)c(=O)c2)cc1)N1CC[C@](CC(C)(C)O)(c2ccccc2)OC1=O.O. The van der Waals surface area contributed by atoms with Crippen LogP contribution in [-0.4, -0.2) is 38.3 Å². The second kappa shape index (κ2) is 10.1. The molecule has 0 spiro atoms. The number of carbonyl (C=O) groups is 1. The maximum atomic E-state index is 13.2. The van der Waals surface area contributed by atoms with Crippen molar-refractivity contribution < 1.29 is 20.1 Å². The van der Waals surface area contributed by atoms with Gasteiger partial charge < -0.3 is 24.8 Å². The van der Waals surface area contributed by atoms with Gasteiger partial charge in [-0.05, 0) is 49.1 Å². The highest BCUT2D eigenvalue weighted by molar-refractivity contribution is 5.70. The van der Waals surface area contributed by atoms with Crippen LogP contribution in [0.3, 0.4) is 0 Å². The lowest BCUT2D eigenvalue weighted by Crippen LogP contribution is -2.51. The summed E-state index contributed by atoms with van der Waals surface area (Å²) >= 11 is 0. The zero-order chi connectivity index (χ0) is 24.5. The molecular formula is C28H34N2O5. The molecule has 2 heterocycles. The first kappa shape index (κ1) is 26.2. The Bertz CT molecular complexity index is 1210. The Hall–Kier alpha value is -3.42. The van der Waals surface area contributed by atoms with E-state index in [9.17, 15) is 14.7 Å². The van der Waals surface area contributed by atoms with Crippen molar-refractivity contribution >= 4 is 6.09 Å². The van der Waals surface area contributed by atoms with E-state index in [1.807, 2.05) is 67.6 Å². The summed E-state index contributed by atoms with van der Waals surface area (Å²) < 4.78 is 7.64. The third kappa shape index (κ3) is 5.63. The summed E-state index contributed by atoms with van der Waals surface area (Å²) in [6.45, 7) is 5.98. The Morgan fingerprint density at radius 3 is 2.26 bits per heavy atom. The molecule has 1 saturated heterocycles. The molecular weight excluding hydrogens is 444 g/mol. The molecule has 186 valence electrons. The number of cyclic esters (lactones) is 1. The van der Waals surface area contributed by atoms with Crippen LogP contribution in [0.25, 0.3) is 11.1 Å². The maximum Gasteiger partial charge on any atom is 0.411 e. The van der Waals surface area contributed by atoms with E-state index in [2.05, 4.69) is 0 Å². The number of hydrogen-bond acceptors (Lipinski definition) is 4. The largest absolute Gasteiger partial charge is 0.438 e. The van der Waals surface area contributed by atoms with Gasteiger partial charge in [-0.2, -0.15) is 0 Å². The fourth-order valence-electron chi connectivity index (χ4n) is 4.75. The second-order valence-electron chi connectivity index (χ2n) is 9.82. The summed E-state index contributed by atoms with van der Waals surface area (Å²) in [6, 6.07) is 20.9. The first-order chi connectivity index (χ1) is 16.1. The molecule has 2 atom stereocenters. The van der Waals surface area contributed by atoms with Crippen LogP contribution < -0.4 is 5.56 Å². The lowest BCUT2D eigenvalue weighted by atomic mass is 9.80. The summed E-state index contributed by atoms with van der Waals surface area (Å²) in [6.07, 6.45) is 2.28. The molecule has 0 radical (unpaired) electrons. The zero-order valence-electron chi connectivity index (χ0n) is 20.7. The molecule has 2 aromatic carbocycles. The molecule has 3 aromatic rings. The van der Waals surface area contributed by atoms with Crippen molar-refractivity contribution in [2.75, 3.05) is 6.54 Å². The molecule has 1 aromatic heterocycles. The minimum atomic E-state index is -0.988. The summed E-state index contributed by atoms with van der Waals surface area (Å²) in [5.74, 6) is 0. The van der Waals surface area contributed by atoms with Crippen molar-refractivity contribution in [1.29, 1.82) is 0 Å². The summed E-state index contributed by atoms with van der Waals surface area (Å²) in [7, 11) is 1.72. The third-order valence-electron chi connectivity index (χ3n) is 6.59. The van der Waals surface area contributed by atoms with Crippen LogP contribution in [0.15, 0.2) is 77.7 Å². The van der Waals surface area contributed by atoms with Gasteiger partial charge in [-0.3, -0.25) is 4.79 Å². The molecule has 0 bridgehead atoms. The van der Waals surface area contributed by atoms with E-state index < -0.39 is 11.2 Å². The highest BCUT2D eigenvalue weighted by Crippen LogP contribution is 2.42. The molecule has 0 aliphatic carbocycles. The van der Waals surface area contributed by atoms with Crippen LogP contribution >= 0.6 is 0 Å². The van der Waals surface area contributed by atoms with Crippen LogP contribution in [0, 0.1) is 0 Å².